The summed E-state index contributed by atoms with van der Waals surface area (Å²) in [7, 11) is 1.93. The van der Waals surface area contributed by atoms with Crippen molar-refractivity contribution < 1.29 is 0 Å². The van der Waals surface area contributed by atoms with Crippen LogP contribution in [0.5, 0.6) is 0 Å². The van der Waals surface area contributed by atoms with Crippen molar-refractivity contribution in [3.63, 3.8) is 0 Å². The van der Waals surface area contributed by atoms with Crippen LogP contribution in [-0.4, -0.2) is 12.0 Å². The number of pyridine rings is 1. The van der Waals surface area contributed by atoms with Crippen LogP contribution in [0.15, 0.2) is 36.5 Å². The Hall–Kier alpha value is -2.34. The molecule has 1 aromatic heterocycles. The summed E-state index contributed by atoms with van der Waals surface area (Å²) < 4.78 is 0. The molecular formula is C15H15N3. The number of aryl methyl sites for hydroxylation is 2. The van der Waals surface area contributed by atoms with Gasteiger partial charge in [0.05, 0.1) is 5.56 Å². The molecule has 0 aliphatic rings. The number of hydrogen-bond acceptors (Lipinski definition) is 3. The van der Waals surface area contributed by atoms with Crippen molar-refractivity contribution in [2.75, 3.05) is 11.9 Å². The highest BCUT2D eigenvalue weighted by Crippen LogP contribution is 2.26. The van der Waals surface area contributed by atoms with E-state index in [1.54, 1.807) is 18.3 Å². The molecule has 0 spiro atoms. The molecular weight excluding hydrogens is 222 g/mol. The highest BCUT2D eigenvalue weighted by Gasteiger charge is 2.10. The fourth-order valence-corrected chi connectivity index (χ4v) is 2.02. The van der Waals surface area contributed by atoms with Crippen molar-refractivity contribution in [2.45, 2.75) is 13.8 Å². The minimum Gasteiger partial charge on any atom is -0.328 e. The van der Waals surface area contributed by atoms with E-state index >= 15 is 0 Å². The van der Waals surface area contributed by atoms with Gasteiger partial charge in [0.2, 0.25) is 0 Å². The Morgan fingerprint density at radius 3 is 2.44 bits per heavy atom. The van der Waals surface area contributed by atoms with Crippen LogP contribution in [0.3, 0.4) is 0 Å². The molecule has 1 aromatic carbocycles. The van der Waals surface area contributed by atoms with Crippen LogP contribution >= 0.6 is 0 Å². The van der Waals surface area contributed by atoms with E-state index in [4.69, 9.17) is 5.26 Å². The molecule has 0 atom stereocenters. The van der Waals surface area contributed by atoms with Gasteiger partial charge < -0.3 is 4.90 Å². The predicted octanol–water partition coefficient (Wildman–Crippen LogP) is 3.34. The monoisotopic (exact) mass is 237 g/mol. The summed E-state index contributed by atoms with van der Waals surface area (Å²) in [5.41, 5.74) is 4.03. The lowest BCUT2D eigenvalue weighted by molar-refractivity contribution is 1.11. The number of rotatable bonds is 2. The number of nitrogens with zero attached hydrogens (tertiary/aromatic N) is 3. The zero-order chi connectivity index (χ0) is 13.1. The van der Waals surface area contributed by atoms with Crippen molar-refractivity contribution in [3.05, 3.63) is 53.2 Å². The Balaban J connectivity index is 2.48. The molecule has 0 saturated carbocycles. The first-order valence-electron chi connectivity index (χ1n) is 5.79. The molecule has 0 N–H and O–H groups in total. The van der Waals surface area contributed by atoms with E-state index in [2.05, 4.69) is 43.1 Å². The third kappa shape index (κ3) is 2.33. The van der Waals surface area contributed by atoms with Gasteiger partial charge >= 0.3 is 0 Å². The molecule has 0 fully saturated rings. The standard InChI is InChI=1S/C15H15N3/c1-11-7-12(2)9-14(8-11)18(3)15-13(10-16)5-4-6-17-15/h4-9H,1-3H3. The zero-order valence-electron chi connectivity index (χ0n) is 10.8. The molecule has 0 radical (unpaired) electrons. The zero-order valence-corrected chi connectivity index (χ0v) is 10.8. The summed E-state index contributed by atoms with van der Waals surface area (Å²) in [6.45, 7) is 4.13. The number of benzene rings is 1. The summed E-state index contributed by atoms with van der Waals surface area (Å²) in [5.74, 6) is 0.685. The molecule has 1 heterocycles. The quantitative estimate of drug-likeness (QED) is 0.804. The molecule has 18 heavy (non-hydrogen) atoms. The first-order valence-corrected chi connectivity index (χ1v) is 5.79. The Bertz CT molecular complexity index is 591. The Morgan fingerprint density at radius 1 is 1.17 bits per heavy atom. The van der Waals surface area contributed by atoms with Gasteiger partial charge in [0.25, 0.3) is 0 Å². The third-order valence-electron chi connectivity index (χ3n) is 2.82. The van der Waals surface area contributed by atoms with Gasteiger partial charge in [-0.3, -0.25) is 0 Å². The normalized spacial score (nSPS) is 9.89. The molecule has 0 bridgehead atoms. The van der Waals surface area contributed by atoms with E-state index in [0.717, 1.165) is 5.69 Å². The minimum absolute atomic E-state index is 0.583. The fraction of sp³-hybridized carbons (Fsp3) is 0.200. The maximum atomic E-state index is 9.11. The molecule has 90 valence electrons. The predicted molar refractivity (Wildman–Crippen MR) is 72.9 cm³/mol. The lowest BCUT2D eigenvalue weighted by Crippen LogP contribution is -2.13. The summed E-state index contributed by atoms with van der Waals surface area (Å²) in [4.78, 5) is 6.23. The lowest BCUT2D eigenvalue weighted by atomic mass is 10.1. The van der Waals surface area contributed by atoms with Crippen molar-refractivity contribution in [3.8, 4) is 6.07 Å². The van der Waals surface area contributed by atoms with Gasteiger partial charge in [-0.05, 0) is 49.2 Å². The Morgan fingerprint density at radius 2 is 1.83 bits per heavy atom. The average molecular weight is 237 g/mol. The van der Waals surface area contributed by atoms with Crippen molar-refractivity contribution in [1.82, 2.24) is 4.98 Å². The molecule has 0 aliphatic heterocycles. The topological polar surface area (TPSA) is 39.9 Å². The van der Waals surface area contributed by atoms with Gasteiger partial charge in [0.1, 0.15) is 6.07 Å². The molecule has 0 aliphatic carbocycles. The summed E-state index contributed by atoms with van der Waals surface area (Å²) in [5, 5.41) is 9.11. The second-order valence-electron chi connectivity index (χ2n) is 4.39. The molecule has 3 heteroatoms. The van der Waals surface area contributed by atoms with Crippen LogP contribution in [0, 0.1) is 25.2 Å². The molecule has 2 aromatic rings. The van der Waals surface area contributed by atoms with Crippen molar-refractivity contribution in [1.29, 1.82) is 5.26 Å². The highest BCUT2D eigenvalue weighted by molar-refractivity contribution is 5.65. The molecule has 3 nitrogen and oxygen atoms in total. The summed E-state index contributed by atoms with van der Waals surface area (Å²) in [6, 6.07) is 12.0. The van der Waals surface area contributed by atoms with E-state index in [1.165, 1.54) is 11.1 Å². The second-order valence-corrected chi connectivity index (χ2v) is 4.39. The van der Waals surface area contributed by atoms with E-state index in [1.807, 2.05) is 11.9 Å². The molecule has 0 saturated heterocycles. The number of anilines is 2. The van der Waals surface area contributed by atoms with Crippen LogP contribution in [0.1, 0.15) is 16.7 Å². The van der Waals surface area contributed by atoms with E-state index in [0.29, 0.717) is 11.4 Å². The van der Waals surface area contributed by atoms with Crippen LogP contribution < -0.4 is 4.90 Å². The fourth-order valence-electron chi connectivity index (χ4n) is 2.02. The minimum atomic E-state index is 0.583. The summed E-state index contributed by atoms with van der Waals surface area (Å²) in [6.07, 6.45) is 1.70. The molecule has 0 amide bonds. The van der Waals surface area contributed by atoms with E-state index in [9.17, 15) is 0 Å². The van der Waals surface area contributed by atoms with Crippen LogP contribution in [0.25, 0.3) is 0 Å². The van der Waals surface area contributed by atoms with Gasteiger partial charge in [-0.2, -0.15) is 5.26 Å². The van der Waals surface area contributed by atoms with Crippen LogP contribution in [-0.2, 0) is 0 Å². The van der Waals surface area contributed by atoms with Crippen molar-refractivity contribution in [2.24, 2.45) is 0 Å². The van der Waals surface area contributed by atoms with Gasteiger partial charge in [-0.15, -0.1) is 0 Å². The largest absolute Gasteiger partial charge is 0.328 e. The lowest BCUT2D eigenvalue weighted by Gasteiger charge is -2.20. The highest BCUT2D eigenvalue weighted by atomic mass is 15.2. The second kappa shape index (κ2) is 4.89. The van der Waals surface area contributed by atoms with Crippen LogP contribution in [0.2, 0.25) is 0 Å². The average Bonchev–Trinajstić information content (AvgIpc) is 2.36. The first-order chi connectivity index (χ1) is 8.61. The Labute approximate surface area is 107 Å². The maximum Gasteiger partial charge on any atom is 0.150 e. The Kier molecular flexibility index (Phi) is 3.29. The number of hydrogen-bond donors (Lipinski definition) is 0. The molecule has 2 rings (SSSR count). The van der Waals surface area contributed by atoms with Crippen molar-refractivity contribution >= 4 is 11.5 Å². The third-order valence-corrected chi connectivity index (χ3v) is 2.82. The van der Waals surface area contributed by atoms with Gasteiger partial charge in [-0.25, -0.2) is 4.98 Å². The van der Waals surface area contributed by atoms with Gasteiger partial charge in [-0.1, -0.05) is 6.07 Å². The smallest absolute Gasteiger partial charge is 0.150 e. The van der Waals surface area contributed by atoms with Gasteiger partial charge in [0, 0.05) is 18.9 Å². The summed E-state index contributed by atoms with van der Waals surface area (Å²) >= 11 is 0. The van der Waals surface area contributed by atoms with E-state index in [-0.39, 0.29) is 0 Å². The van der Waals surface area contributed by atoms with Crippen LogP contribution in [0.4, 0.5) is 11.5 Å². The maximum absolute atomic E-state index is 9.11. The van der Waals surface area contributed by atoms with E-state index < -0.39 is 0 Å². The SMILES string of the molecule is Cc1cc(C)cc(N(C)c2ncccc2C#N)c1. The number of nitriles is 1. The first kappa shape index (κ1) is 12.1. The number of aromatic nitrogens is 1. The molecule has 0 unspecified atom stereocenters. The van der Waals surface area contributed by atoms with Gasteiger partial charge in [0.15, 0.2) is 5.82 Å².